The van der Waals surface area contributed by atoms with Crippen LogP contribution in [0.15, 0.2) is 48.5 Å². The van der Waals surface area contributed by atoms with Crippen molar-refractivity contribution in [1.82, 2.24) is 0 Å². The fourth-order valence-corrected chi connectivity index (χ4v) is 6.04. The molecule has 5 heteroatoms. The molecule has 232 valence electrons. The Morgan fingerprint density at radius 1 is 0.415 bits per heavy atom. The number of unbranched alkanes of at least 4 members (excludes halogenated alkanes) is 18. The van der Waals surface area contributed by atoms with Crippen LogP contribution in [-0.2, 0) is 23.2 Å². The van der Waals surface area contributed by atoms with E-state index in [0.717, 1.165) is 25.7 Å². The Kier molecular flexibility index (Phi) is 19.4. The lowest BCUT2D eigenvalue weighted by atomic mass is 10.0. The van der Waals surface area contributed by atoms with Crippen LogP contribution >= 0.6 is 0 Å². The second-order valence-corrected chi connectivity index (χ2v) is 12.9. The van der Waals surface area contributed by atoms with Gasteiger partial charge in [0.2, 0.25) is 0 Å². The van der Waals surface area contributed by atoms with Crippen LogP contribution in [0.5, 0.6) is 11.5 Å². The molecule has 0 heterocycles. The van der Waals surface area contributed by atoms with Crippen LogP contribution in [0.4, 0.5) is 0 Å². The van der Waals surface area contributed by atoms with Gasteiger partial charge in [-0.3, -0.25) is 0 Å². The number of aryl methyl sites for hydroxylation is 2. The molecule has 2 aromatic carbocycles. The summed E-state index contributed by atoms with van der Waals surface area (Å²) < 4.78 is 35.2. The van der Waals surface area contributed by atoms with Crippen LogP contribution in [0.2, 0.25) is 0 Å². The van der Waals surface area contributed by atoms with Gasteiger partial charge in [0.1, 0.15) is 11.5 Å². The summed E-state index contributed by atoms with van der Waals surface area (Å²) in [5.74, 6) is 0.545. The lowest BCUT2D eigenvalue weighted by Gasteiger charge is -2.09. The number of hydrogen-bond acceptors (Lipinski definition) is 4. The van der Waals surface area contributed by atoms with Gasteiger partial charge in [0.25, 0.3) is 0 Å². The fourth-order valence-electron chi connectivity index (χ4n) is 5.31. The van der Waals surface area contributed by atoms with Gasteiger partial charge < -0.3 is 8.37 Å². The van der Waals surface area contributed by atoms with Crippen LogP contribution in [0.3, 0.4) is 0 Å². The molecule has 0 N–H and O–H groups in total. The molecular formula is C36H58O4S. The number of rotatable bonds is 26. The molecule has 2 rings (SSSR count). The van der Waals surface area contributed by atoms with E-state index in [1.165, 1.54) is 127 Å². The van der Waals surface area contributed by atoms with Crippen LogP contribution in [0.25, 0.3) is 0 Å². The van der Waals surface area contributed by atoms with Gasteiger partial charge in [-0.2, -0.15) is 0 Å². The highest BCUT2D eigenvalue weighted by atomic mass is 32.3. The van der Waals surface area contributed by atoms with E-state index in [1.807, 2.05) is 24.3 Å². The highest BCUT2D eigenvalue weighted by Crippen LogP contribution is 2.21. The zero-order valence-corrected chi connectivity index (χ0v) is 27.0. The summed E-state index contributed by atoms with van der Waals surface area (Å²) in [6.45, 7) is 4.52. The Morgan fingerprint density at radius 2 is 0.683 bits per heavy atom. The molecule has 41 heavy (non-hydrogen) atoms. The Balaban J connectivity index is 1.58. The van der Waals surface area contributed by atoms with Crippen molar-refractivity contribution in [3.63, 3.8) is 0 Å². The minimum Gasteiger partial charge on any atom is -0.353 e. The van der Waals surface area contributed by atoms with Crippen molar-refractivity contribution < 1.29 is 16.8 Å². The maximum atomic E-state index is 12.4. The van der Waals surface area contributed by atoms with E-state index in [1.54, 1.807) is 24.3 Å². The number of benzene rings is 2. The monoisotopic (exact) mass is 586 g/mol. The van der Waals surface area contributed by atoms with Gasteiger partial charge in [-0.05, 0) is 61.1 Å². The van der Waals surface area contributed by atoms with Gasteiger partial charge in [0.15, 0.2) is 0 Å². The third-order valence-corrected chi connectivity index (χ3v) is 8.67. The molecule has 0 aliphatic rings. The normalized spacial score (nSPS) is 11.6. The Morgan fingerprint density at radius 3 is 0.976 bits per heavy atom. The van der Waals surface area contributed by atoms with E-state index in [9.17, 15) is 8.42 Å². The van der Waals surface area contributed by atoms with E-state index >= 15 is 0 Å². The quantitative estimate of drug-likeness (QED) is 0.103. The molecule has 0 aliphatic heterocycles. The summed E-state index contributed by atoms with van der Waals surface area (Å²) >= 11 is 0. The fraction of sp³-hybridized carbons (Fsp3) is 0.667. The summed E-state index contributed by atoms with van der Waals surface area (Å²) in [5.41, 5.74) is 2.40. The highest BCUT2D eigenvalue weighted by Gasteiger charge is 2.16. The van der Waals surface area contributed by atoms with E-state index in [2.05, 4.69) is 13.8 Å². The third-order valence-electron chi connectivity index (χ3n) is 7.88. The van der Waals surface area contributed by atoms with Gasteiger partial charge in [-0.1, -0.05) is 154 Å². The van der Waals surface area contributed by atoms with E-state index < -0.39 is 10.4 Å². The molecule has 2 aromatic rings. The van der Waals surface area contributed by atoms with Crippen molar-refractivity contribution in [3.05, 3.63) is 59.7 Å². The highest BCUT2D eigenvalue weighted by molar-refractivity contribution is 7.82. The van der Waals surface area contributed by atoms with E-state index in [0.29, 0.717) is 0 Å². The Bertz CT molecular complexity index is 908. The lowest BCUT2D eigenvalue weighted by molar-refractivity contribution is 0.392. The Hall–Kier alpha value is -2.01. The summed E-state index contributed by atoms with van der Waals surface area (Å²) in [6.07, 6.45) is 28.4. The molecule has 0 radical (unpaired) electrons. The smallest absolute Gasteiger partial charge is 0.353 e. The summed E-state index contributed by atoms with van der Waals surface area (Å²) in [4.78, 5) is 0. The summed E-state index contributed by atoms with van der Waals surface area (Å²) in [7, 11) is -4.19. The first kappa shape index (κ1) is 35.2. The molecule has 0 spiro atoms. The molecule has 0 saturated carbocycles. The summed E-state index contributed by atoms with van der Waals surface area (Å²) in [6, 6.07) is 14.6. The molecule has 0 aliphatic carbocycles. The predicted molar refractivity (Wildman–Crippen MR) is 174 cm³/mol. The first-order valence-corrected chi connectivity index (χ1v) is 18.2. The van der Waals surface area contributed by atoms with Gasteiger partial charge in [-0.15, -0.1) is 8.42 Å². The maximum absolute atomic E-state index is 12.4. The molecule has 0 aromatic heterocycles. The SMILES string of the molecule is CCCCCCCCCCCCc1ccc(OS(=O)(=O)Oc2ccc(CCCCCCCCCCCC)cc2)cc1. The lowest BCUT2D eigenvalue weighted by Crippen LogP contribution is -2.16. The molecule has 0 atom stereocenters. The molecule has 0 amide bonds. The molecule has 4 nitrogen and oxygen atoms in total. The largest absolute Gasteiger partial charge is 0.500 e. The Labute approximate surface area is 253 Å². The van der Waals surface area contributed by atoms with E-state index in [-0.39, 0.29) is 11.5 Å². The topological polar surface area (TPSA) is 52.6 Å². The second-order valence-electron chi connectivity index (χ2n) is 11.7. The van der Waals surface area contributed by atoms with Gasteiger partial charge in [0, 0.05) is 0 Å². The first-order valence-electron chi connectivity index (χ1n) is 16.8. The van der Waals surface area contributed by atoms with E-state index in [4.69, 9.17) is 8.37 Å². The van der Waals surface area contributed by atoms with Crippen molar-refractivity contribution in [2.24, 2.45) is 0 Å². The second kappa shape index (κ2) is 22.6. The van der Waals surface area contributed by atoms with Crippen molar-refractivity contribution in [1.29, 1.82) is 0 Å². The van der Waals surface area contributed by atoms with Crippen molar-refractivity contribution in [2.75, 3.05) is 0 Å². The standard InChI is InChI=1S/C36H58O4S/c1-3-5-7-9-11-13-15-17-19-21-23-33-25-29-35(30-26-33)39-41(37,38)40-36-31-27-34(28-32-36)24-22-20-18-16-14-12-10-8-6-4-2/h25-32H,3-24H2,1-2H3. The molecular weight excluding hydrogens is 528 g/mol. The summed E-state index contributed by atoms with van der Waals surface area (Å²) in [5, 5.41) is 0. The van der Waals surface area contributed by atoms with Crippen LogP contribution in [-0.4, -0.2) is 8.42 Å². The van der Waals surface area contributed by atoms with Crippen molar-refractivity contribution in [2.45, 2.75) is 155 Å². The minimum atomic E-state index is -4.19. The van der Waals surface area contributed by atoms with Crippen molar-refractivity contribution in [3.8, 4) is 11.5 Å². The van der Waals surface area contributed by atoms with Gasteiger partial charge in [-0.25, -0.2) is 0 Å². The van der Waals surface area contributed by atoms with Crippen molar-refractivity contribution >= 4 is 10.4 Å². The van der Waals surface area contributed by atoms with Gasteiger partial charge >= 0.3 is 10.4 Å². The zero-order valence-electron chi connectivity index (χ0n) is 26.2. The first-order chi connectivity index (χ1) is 20.0. The molecule has 0 fully saturated rings. The maximum Gasteiger partial charge on any atom is 0.500 e. The molecule has 0 unspecified atom stereocenters. The van der Waals surface area contributed by atoms with Crippen LogP contribution in [0.1, 0.15) is 153 Å². The number of hydrogen-bond donors (Lipinski definition) is 0. The van der Waals surface area contributed by atoms with Crippen LogP contribution < -0.4 is 8.37 Å². The van der Waals surface area contributed by atoms with Gasteiger partial charge in [0.05, 0.1) is 0 Å². The molecule has 0 saturated heterocycles. The predicted octanol–water partition coefficient (Wildman–Crippen LogP) is 11.3. The zero-order chi connectivity index (χ0) is 29.4. The molecule has 0 bridgehead atoms. The third kappa shape index (κ3) is 18.2. The average molecular weight is 587 g/mol. The average Bonchev–Trinajstić information content (AvgIpc) is 2.96. The van der Waals surface area contributed by atoms with Crippen LogP contribution in [0, 0.1) is 0 Å². The minimum absolute atomic E-state index is 0.273.